The van der Waals surface area contributed by atoms with Crippen molar-refractivity contribution in [3.05, 3.63) is 284 Å². The molecule has 678 valence electrons. The molecule has 31 nitrogen and oxygen atoms in total. The summed E-state index contributed by atoms with van der Waals surface area (Å²) in [6, 6.07) is 38.5. The number of hydrogen-bond acceptors (Lipinski definition) is 18. The number of aromatic nitrogens is 6. The van der Waals surface area contributed by atoms with Crippen molar-refractivity contribution in [3.63, 3.8) is 0 Å². The number of anilines is 5. The standard InChI is InChI=1S/C12H13NO3.C10H11ClN2O2.C10H9ClN2O2.C10H9FN2O3.C10H9FN2O2.C10H8FNO2.C10H10N2O2.C10H9NO2.8CH4/c1-12(2)7-10(15)13(11(12)16)8-3-5-9(14)6-4-8;2*1-12-4-5-13(10(12)15)9-6-7(14)2-3-8(9)11;1-12-5-9(15)13(10(12)16)6-2-3-8(14)7(11)4-6;1-12-4-5-13(10(12)15)7-2-3-8(11)9(14)6-7;11-8-6-7(3-4-9(8)13)12-5-1-2-10(12)14;1-11-6-7-12(10(11)14)8-2-4-9(13)5-3-8;12-9-5-3-8(4-6-9)11-7-1-2-10(11)13;;;;;;;;/h3-6,14H,7H2,1-2H3;2-3,6,14H,4-5H2,1H3;2-6,14H,1H3;2-4,14H,5H2,1H3;2-6,14H,1H3;1,3-6,13H,2H2;2-7,13H,1H3;1,3-7,12H,2H2;8*1H4. The van der Waals surface area contributed by atoms with E-state index in [1.165, 1.54) is 116 Å². The van der Waals surface area contributed by atoms with E-state index in [1.807, 2.05) is 6.08 Å². The monoisotopic (exact) mass is 1790 g/mol. The molecule has 5 aliphatic rings. The number of phenolic OH excluding ortho intramolecular Hbond substituents is 8. The highest BCUT2D eigenvalue weighted by molar-refractivity contribution is 6.34. The summed E-state index contributed by atoms with van der Waals surface area (Å²) >= 11 is 11.9. The van der Waals surface area contributed by atoms with Gasteiger partial charge in [0.1, 0.15) is 35.3 Å². The number of imide groups is 2. The lowest BCUT2D eigenvalue weighted by Crippen LogP contribution is -2.32. The van der Waals surface area contributed by atoms with Crippen molar-refractivity contribution in [2.45, 2.75) is 92.5 Å². The first kappa shape index (κ1) is 109. The predicted octanol–water partition coefficient (Wildman–Crippen LogP) is 16.5. The van der Waals surface area contributed by atoms with Gasteiger partial charge >= 0.3 is 29.1 Å². The van der Waals surface area contributed by atoms with E-state index in [2.05, 4.69) is 0 Å². The average Bonchev–Trinajstić information content (AvgIpc) is 1.63. The lowest BCUT2D eigenvalue weighted by molar-refractivity contribution is -0.124. The Kier molecular flexibility index (Phi) is 41.4. The molecule has 3 saturated heterocycles. The maximum Gasteiger partial charge on any atom is 0.332 e. The van der Waals surface area contributed by atoms with Gasteiger partial charge in [-0.3, -0.25) is 57.3 Å². The van der Waals surface area contributed by atoms with Crippen LogP contribution in [0.4, 0.5) is 51.2 Å². The van der Waals surface area contributed by atoms with Gasteiger partial charge < -0.3 is 64.4 Å². The van der Waals surface area contributed by atoms with E-state index in [9.17, 15) is 71.3 Å². The van der Waals surface area contributed by atoms with Crippen LogP contribution in [-0.4, -0.2) is 153 Å². The fourth-order valence-corrected chi connectivity index (χ4v) is 11.8. The molecule has 0 unspecified atom stereocenters. The quantitative estimate of drug-likeness (QED) is 0.0517. The second kappa shape index (κ2) is 47.7. The van der Waals surface area contributed by atoms with Crippen LogP contribution in [0.5, 0.6) is 46.0 Å². The van der Waals surface area contributed by atoms with Crippen molar-refractivity contribution in [2.24, 2.45) is 26.6 Å². The number of likely N-dealkylation sites (N-methyl/N-ethyl adjacent to an activating group) is 2. The Bertz CT molecular complexity index is 5830. The minimum atomic E-state index is -0.868. The molecule has 8 aromatic carbocycles. The highest BCUT2D eigenvalue weighted by atomic mass is 35.5. The van der Waals surface area contributed by atoms with Crippen molar-refractivity contribution in [2.75, 3.05) is 58.2 Å². The van der Waals surface area contributed by atoms with Gasteiger partial charge in [0.05, 0.1) is 55.3 Å². The Balaban J connectivity index is 0.000000714. The summed E-state index contributed by atoms with van der Waals surface area (Å²) in [5.74, 6) is -3.85. The molecule has 0 saturated carbocycles. The first-order valence-electron chi connectivity index (χ1n) is 35.3. The van der Waals surface area contributed by atoms with Crippen LogP contribution < -0.4 is 41.6 Å². The molecule has 126 heavy (non-hydrogen) atoms. The summed E-state index contributed by atoms with van der Waals surface area (Å²) in [7, 11) is 8.17. The average molecular weight is 1790 g/mol. The number of hydrogen-bond donors (Lipinski definition) is 8. The van der Waals surface area contributed by atoms with Crippen molar-refractivity contribution >= 4 is 93.2 Å². The highest BCUT2D eigenvalue weighted by Gasteiger charge is 2.45. The third-order valence-electron chi connectivity index (χ3n) is 17.8. The molecule has 9 amide bonds. The smallest absolute Gasteiger partial charge is 0.332 e. The number of aromatic hydroxyl groups is 8. The number of benzene rings is 8. The van der Waals surface area contributed by atoms with Crippen molar-refractivity contribution in [1.29, 1.82) is 0 Å². The first-order chi connectivity index (χ1) is 55.8. The van der Waals surface area contributed by atoms with E-state index in [1.54, 1.807) is 185 Å². The first-order valence-corrected chi connectivity index (χ1v) is 36.1. The Morgan fingerprint density at radius 1 is 0.341 bits per heavy atom. The molecular weight excluding hydrogens is 1680 g/mol. The number of carbonyl (C=O) groups excluding carboxylic acids is 7. The third-order valence-corrected chi connectivity index (χ3v) is 18.5. The summed E-state index contributed by atoms with van der Waals surface area (Å²) in [6.07, 6.45) is 17.6. The molecule has 5 aliphatic heterocycles. The van der Waals surface area contributed by atoms with Crippen LogP contribution in [0, 0.1) is 22.9 Å². The molecule has 0 bridgehead atoms. The molecule has 0 spiro atoms. The second-order valence-corrected chi connectivity index (χ2v) is 27.8. The maximum absolute atomic E-state index is 13.1. The van der Waals surface area contributed by atoms with Gasteiger partial charge in [0.25, 0.3) is 5.91 Å². The van der Waals surface area contributed by atoms with Gasteiger partial charge in [0.15, 0.2) is 34.7 Å². The van der Waals surface area contributed by atoms with Gasteiger partial charge in [-0.2, -0.15) is 0 Å². The molecule has 16 rings (SSSR count). The molecule has 0 atom stereocenters. The number of carbonyl (C=O) groups is 7. The molecule has 0 aliphatic carbocycles. The number of aryl methyl sites for hydroxylation is 3. The van der Waals surface area contributed by atoms with Crippen LogP contribution in [-0.2, 0) is 45.1 Å². The zero-order chi connectivity index (χ0) is 86.3. The predicted molar refractivity (Wildman–Crippen MR) is 487 cm³/mol. The highest BCUT2D eigenvalue weighted by Crippen LogP contribution is 2.37. The van der Waals surface area contributed by atoms with Gasteiger partial charge in [-0.05, 0) is 133 Å². The van der Waals surface area contributed by atoms with E-state index in [0.717, 1.165) is 40.5 Å². The molecule has 3 fully saturated rings. The normalized spacial score (nSPS) is 13.4. The number of urea groups is 2. The fourth-order valence-electron chi connectivity index (χ4n) is 11.4. The third kappa shape index (κ3) is 26.7. The largest absolute Gasteiger partial charge is 0.508 e. The summed E-state index contributed by atoms with van der Waals surface area (Å²) in [5.41, 5.74) is 2.87. The topological polar surface area (TPSA) is 385 Å². The molecule has 8 N–H and O–H groups in total. The van der Waals surface area contributed by atoms with Gasteiger partial charge in [-0.25, -0.2) is 42.0 Å². The maximum atomic E-state index is 13.1. The van der Waals surface area contributed by atoms with Gasteiger partial charge in [0, 0.05) is 153 Å². The van der Waals surface area contributed by atoms with Gasteiger partial charge in [-0.15, -0.1) is 0 Å². The van der Waals surface area contributed by atoms with E-state index in [0.29, 0.717) is 64.4 Å². The zero-order valence-corrected chi connectivity index (χ0v) is 65.5. The molecule has 3 aromatic heterocycles. The molecule has 0 radical (unpaired) electrons. The molecular formula is C90H110Cl2F3N13O18. The minimum absolute atomic E-state index is 0. The van der Waals surface area contributed by atoms with Crippen molar-refractivity contribution in [1.82, 2.24) is 37.2 Å². The summed E-state index contributed by atoms with van der Waals surface area (Å²) in [4.78, 5) is 125. The van der Waals surface area contributed by atoms with E-state index >= 15 is 0 Å². The number of amides is 9. The summed E-state index contributed by atoms with van der Waals surface area (Å²) in [5, 5.41) is 73.9. The lowest BCUT2D eigenvalue weighted by atomic mass is 9.92. The number of imidazole rings is 3. The second-order valence-electron chi connectivity index (χ2n) is 26.9. The molecule has 36 heteroatoms. The Morgan fingerprint density at radius 2 is 0.730 bits per heavy atom. The van der Waals surface area contributed by atoms with Crippen LogP contribution in [0.25, 0.3) is 17.1 Å². The van der Waals surface area contributed by atoms with E-state index in [4.69, 9.17) is 53.8 Å². The van der Waals surface area contributed by atoms with E-state index < -0.39 is 52.1 Å². The lowest BCUT2D eigenvalue weighted by Gasteiger charge is -2.17. The van der Waals surface area contributed by atoms with Crippen LogP contribution in [0.1, 0.15) is 92.5 Å². The van der Waals surface area contributed by atoms with Crippen LogP contribution in [0.2, 0.25) is 10.0 Å². The van der Waals surface area contributed by atoms with Gasteiger partial charge in [0.2, 0.25) is 23.6 Å². The Labute approximate surface area is 739 Å². The summed E-state index contributed by atoms with van der Waals surface area (Å²) in [6.45, 7) is 4.76. The number of halogens is 5. The SMILES string of the molecule is C.C.C.C.C.C.C.C.CC1(C)CC(=O)N(c2ccc(O)cc2)C1=O.CN1CC(=O)N(c2ccc(O)c(F)c2)C1=O.CN1CCN(c2cc(O)ccc2Cl)C1=O.Cn1ccn(-c2cc(O)ccc2Cl)c1=O.Cn1ccn(-c2ccc(F)c(O)c2)c1=O.Cn1ccn(-c2ccc(O)cc2)c1=O.O=C1CC=CN1c1ccc(O)c(F)c1.O=C1CC=CN1c1ccc(O)cc1. The van der Waals surface area contributed by atoms with Crippen molar-refractivity contribution in [3.8, 4) is 63.1 Å². The Morgan fingerprint density at radius 3 is 1.12 bits per heavy atom. The van der Waals surface area contributed by atoms with E-state index in [-0.39, 0.29) is 154 Å². The van der Waals surface area contributed by atoms with Crippen LogP contribution in [0.3, 0.4) is 0 Å². The Hall–Kier alpha value is -14.7. The zero-order valence-electron chi connectivity index (χ0n) is 64.0. The van der Waals surface area contributed by atoms with Crippen LogP contribution >= 0.6 is 23.2 Å². The van der Waals surface area contributed by atoms with Crippen LogP contribution in [0.15, 0.2) is 240 Å². The number of phenols is 8. The summed E-state index contributed by atoms with van der Waals surface area (Å²) < 4.78 is 47.3. The minimum Gasteiger partial charge on any atom is -0.508 e. The number of nitrogens with zero attached hydrogens (tertiary/aromatic N) is 13. The fraction of sp³-hybridized carbons (Fsp3) is 0.244. The molecule has 8 heterocycles. The van der Waals surface area contributed by atoms with Gasteiger partial charge in [-0.1, -0.05) is 109 Å². The van der Waals surface area contributed by atoms with Crippen molar-refractivity contribution < 1.29 is 87.6 Å². The molecule has 11 aromatic rings. The number of rotatable bonds is 8.